The summed E-state index contributed by atoms with van der Waals surface area (Å²) in [4.78, 5) is 36.8. The van der Waals surface area contributed by atoms with Crippen molar-refractivity contribution in [3.05, 3.63) is 59.7 Å². The van der Waals surface area contributed by atoms with Gasteiger partial charge in [-0.1, -0.05) is 61.4 Å². The SMILES string of the molecule is C[C@@H](O)[C@H](NC(=O)C1CCCCC1NC(=O)OCC1c2ccccc2-c2ccccc21)C(=O)O. The van der Waals surface area contributed by atoms with Crippen LogP contribution in [0.5, 0.6) is 0 Å². The number of aliphatic hydroxyl groups excluding tert-OH is 1. The first-order valence-electron chi connectivity index (χ1n) is 11.7. The zero-order valence-electron chi connectivity index (χ0n) is 19.1. The molecule has 0 bridgehead atoms. The Morgan fingerprint density at radius 3 is 2.18 bits per heavy atom. The Kier molecular flexibility index (Phi) is 7.17. The third kappa shape index (κ3) is 4.92. The summed E-state index contributed by atoms with van der Waals surface area (Å²) >= 11 is 0. The number of fused-ring (bicyclic) bond motifs is 3. The summed E-state index contributed by atoms with van der Waals surface area (Å²) < 4.78 is 5.61. The summed E-state index contributed by atoms with van der Waals surface area (Å²) in [5, 5.41) is 24.1. The number of hydrogen-bond donors (Lipinski definition) is 4. The lowest BCUT2D eigenvalue weighted by atomic mass is 9.83. The summed E-state index contributed by atoms with van der Waals surface area (Å²) in [7, 11) is 0. The van der Waals surface area contributed by atoms with E-state index in [0.717, 1.165) is 35.1 Å². The van der Waals surface area contributed by atoms with E-state index in [0.29, 0.717) is 12.8 Å². The Labute approximate surface area is 198 Å². The molecule has 180 valence electrons. The zero-order chi connectivity index (χ0) is 24.2. The number of alkyl carbamates (subject to hydrolysis) is 1. The third-order valence-electron chi connectivity index (χ3n) is 6.80. The van der Waals surface area contributed by atoms with Crippen molar-refractivity contribution in [3.8, 4) is 11.1 Å². The fraction of sp³-hybridized carbons (Fsp3) is 0.423. The molecular formula is C26H30N2O6. The van der Waals surface area contributed by atoms with Crippen LogP contribution in [0.1, 0.15) is 49.7 Å². The summed E-state index contributed by atoms with van der Waals surface area (Å²) in [6.45, 7) is 1.49. The van der Waals surface area contributed by atoms with Crippen molar-refractivity contribution in [3.63, 3.8) is 0 Å². The number of hydrogen-bond acceptors (Lipinski definition) is 5. The average molecular weight is 467 g/mol. The van der Waals surface area contributed by atoms with Gasteiger partial charge in [-0.05, 0) is 42.0 Å². The molecule has 0 spiro atoms. The van der Waals surface area contributed by atoms with E-state index in [4.69, 9.17) is 4.74 Å². The van der Waals surface area contributed by atoms with Crippen molar-refractivity contribution in [2.24, 2.45) is 5.92 Å². The van der Waals surface area contributed by atoms with Crippen LogP contribution in [0.2, 0.25) is 0 Å². The van der Waals surface area contributed by atoms with Gasteiger partial charge in [-0.15, -0.1) is 0 Å². The van der Waals surface area contributed by atoms with Gasteiger partial charge < -0.3 is 25.6 Å². The summed E-state index contributed by atoms with van der Waals surface area (Å²) in [5.41, 5.74) is 4.51. The van der Waals surface area contributed by atoms with Crippen molar-refractivity contribution in [1.82, 2.24) is 10.6 Å². The maximum atomic E-state index is 12.8. The summed E-state index contributed by atoms with van der Waals surface area (Å²) in [5.74, 6) is -2.45. The Morgan fingerprint density at radius 2 is 1.59 bits per heavy atom. The number of rotatable bonds is 7. The van der Waals surface area contributed by atoms with Crippen LogP contribution in [-0.4, -0.2) is 53.0 Å². The highest BCUT2D eigenvalue weighted by atomic mass is 16.5. The van der Waals surface area contributed by atoms with Crippen molar-refractivity contribution in [1.29, 1.82) is 0 Å². The minimum Gasteiger partial charge on any atom is -0.480 e. The molecule has 2 amide bonds. The molecule has 0 aliphatic heterocycles. The van der Waals surface area contributed by atoms with E-state index in [1.807, 2.05) is 36.4 Å². The smallest absolute Gasteiger partial charge is 0.407 e. The van der Waals surface area contributed by atoms with Crippen molar-refractivity contribution in [2.75, 3.05) is 6.61 Å². The lowest BCUT2D eigenvalue weighted by Crippen LogP contribution is -2.54. The van der Waals surface area contributed by atoms with Gasteiger partial charge in [0.15, 0.2) is 6.04 Å². The number of benzene rings is 2. The molecule has 2 aliphatic carbocycles. The van der Waals surface area contributed by atoms with E-state index < -0.39 is 42.1 Å². The zero-order valence-corrected chi connectivity index (χ0v) is 19.1. The summed E-state index contributed by atoms with van der Waals surface area (Å²) in [6, 6.07) is 14.3. The highest BCUT2D eigenvalue weighted by Gasteiger charge is 2.36. The first-order valence-corrected chi connectivity index (χ1v) is 11.7. The predicted molar refractivity (Wildman–Crippen MR) is 125 cm³/mol. The van der Waals surface area contributed by atoms with E-state index in [1.54, 1.807) is 0 Å². The normalized spacial score (nSPS) is 21.0. The van der Waals surface area contributed by atoms with Crippen LogP contribution in [0.3, 0.4) is 0 Å². The maximum Gasteiger partial charge on any atom is 0.407 e. The molecular weight excluding hydrogens is 436 g/mol. The molecule has 0 radical (unpaired) electrons. The number of amides is 2. The quantitative estimate of drug-likeness (QED) is 0.497. The Balaban J connectivity index is 1.39. The molecule has 1 fully saturated rings. The molecule has 1 saturated carbocycles. The van der Waals surface area contributed by atoms with Gasteiger partial charge in [0, 0.05) is 12.0 Å². The van der Waals surface area contributed by atoms with Crippen LogP contribution in [-0.2, 0) is 14.3 Å². The van der Waals surface area contributed by atoms with Crippen LogP contribution in [0.4, 0.5) is 4.79 Å². The van der Waals surface area contributed by atoms with E-state index in [1.165, 1.54) is 6.92 Å². The highest BCUT2D eigenvalue weighted by molar-refractivity contribution is 5.86. The average Bonchev–Trinajstić information content (AvgIpc) is 3.14. The van der Waals surface area contributed by atoms with E-state index in [9.17, 15) is 24.6 Å². The van der Waals surface area contributed by atoms with Crippen molar-refractivity contribution >= 4 is 18.0 Å². The largest absolute Gasteiger partial charge is 0.480 e. The Hall–Kier alpha value is -3.39. The molecule has 0 heterocycles. The number of nitrogens with one attached hydrogen (secondary N) is 2. The Bertz CT molecular complexity index is 1020. The van der Waals surface area contributed by atoms with Crippen LogP contribution in [0.25, 0.3) is 11.1 Å². The molecule has 2 unspecified atom stereocenters. The summed E-state index contributed by atoms with van der Waals surface area (Å²) in [6.07, 6.45) is 0.918. The van der Waals surface area contributed by atoms with Gasteiger partial charge in [0.25, 0.3) is 0 Å². The molecule has 8 nitrogen and oxygen atoms in total. The maximum absolute atomic E-state index is 12.8. The van der Waals surface area contributed by atoms with Gasteiger partial charge in [0.2, 0.25) is 5.91 Å². The van der Waals surface area contributed by atoms with Crippen LogP contribution < -0.4 is 10.6 Å². The molecule has 8 heteroatoms. The minimum absolute atomic E-state index is 0.0639. The van der Waals surface area contributed by atoms with Gasteiger partial charge in [-0.25, -0.2) is 9.59 Å². The van der Waals surface area contributed by atoms with Gasteiger partial charge in [-0.3, -0.25) is 4.79 Å². The Morgan fingerprint density at radius 1 is 1.00 bits per heavy atom. The van der Waals surface area contributed by atoms with Crippen LogP contribution in [0.15, 0.2) is 48.5 Å². The minimum atomic E-state index is -1.40. The topological polar surface area (TPSA) is 125 Å². The second-order valence-electron chi connectivity index (χ2n) is 9.03. The van der Waals surface area contributed by atoms with E-state index in [-0.39, 0.29) is 12.5 Å². The second kappa shape index (κ2) is 10.3. The van der Waals surface area contributed by atoms with Gasteiger partial charge in [0.1, 0.15) is 6.61 Å². The molecule has 4 N–H and O–H groups in total. The standard InChI is InChI=1S/C26H30N2O6/c1-15(29)23(25(31)32)28-24(30)20-12-6-7-13-22(20)27-26(33)34-14-21-18-10-4-2-8-16(18)17-9-3-5-11-19(17)21/h2-5,8-11,15,20-23,29H,6-7,12-14H2,1H3,(H,27,33)(H,28,30)(H,31,32)/t15-,20?,22?,23+/m1/s1. The van der Waals surface area contributed by atoms with Crippen molar-refractivity contribution in [2.45, 2.75) is 56.7 Å². The van der Waals surface area contributed by atoms with Gasteiger partial charge in [0.05, 0.1) is 12.0 Å². The lowest BCUT2D eigenvalue weighted by Gasteiger charge is -2.32. The second-order valence-corrected chi connectivity index (χ2v) is 9.03. The number of aliphatic carboxylic acids is 1. The highest BCUT2D eigenvalue weighted by Crippen LogP contribution is 2.44. The lowest BCUT2D eigenvalue weighted by molar-refractivity contribution is -0.145. The van der Waals surface area contributed by atoms with E-state index >= 15 is 0 Å². The number of carboxylic acids is 1. The molecule has 2 aliphatic rings. The fourth-order valence-electron chi connectivity index (χ4n) is 5.06. The number of aliphatic hydroxyl groups is 1. The number of ether oxygens (including phenoxy) is 1. The predicted octanol–water partition coefficient (Wildman–Crippen LogP) is 3.03. The molecule has 4 rings (SSSR count). The number of carboxylic acid groups (broad SMARTS) is 1. The van der Waals surface area contributed by atoms with Crippen LogP contribution in [0, 0.1) is 5.92 Å². The van der Waals surface area contributed by atoms with Crippen LogP contribution >= 0.6 is 0 Å². The first kappa shape index (κ1) is 23.8. The van der Waals surface area contributed by atoms with E-state index in [2.05, 4.69) is 22.8 Å². The van der Waals surface area contributed by atoms with Crippen molar-refractivity contribution < 1.29 is 29.3 Å². The number of carbonyl (C=O) groups excluding carboxylic acids is 2. The molecule has 0 aromatic heterocycles. The number of carbonyl (C=O) groups is 3. The molecule has 2 aromatic carbocycles. The molecule has 2 aromatic rings. The molecule has 4 atom stereocenters. The monoisotopic (exact) mass is 466 g/mol. The third-order valence-corrected chi connectivity index (χ3v) is 6.80. The van der Waals surface area contributed by atoms with Gasteiger partial charge in [-0.2, -0.15) is 0 Å². The molecule has 34 heavy (non-hydrogen) atoms. The van der Waals surface area contributed by atoms with Gasteiger partial charge >= 0.3 is 12.1 Å². The first-order chi connectivity index (χ1) is 16.4. The fourth-order valence-corrected chi connectivity index (χ4v) is 5.06. The molecule has 0 saturated heterocycles.